The lowest BCUT2D eigenvalue weighted by atomic mass is 9.87. The van der Waals surface area contributed by atoms with Gasteiger partial charge in [-0.15, -0.1) is 11.8 Å². The highest BCUT2D eigenvalue weighted by molar-refractivity contribution is 8.00. The molecule has 0 fully saturated rings. The summed E-state index contributed by atoms with van der Waals surface area (Å²) in [6, 6.07) is 6.05. The summed E-state index contributed by atoms with van der Waals surface area (Å²) in [4.78, 5) is 12.5. The molecule has 0 spiro atoms. The fourth-order valence-electron chi connectivity index (χ4n) is 1.51. The van der Waals surface area contributed by atoms with E-state index in [0.717, 1.165) is 4.90 Å². The van der Waals surface area contributed by atoms with Crippen molar-refractivity contribution >= 4 is 17.7 Å². The maximum atomic E-state index is 12.7. The Bertz CT molecular complexity index is 428. The SMILES string of the molecule is CC(C)(C)[C@@H](O)CCNC(=O)CSc1ccc(F)cc1. The van der Waals surface area contributed by atoms with Gasteiger partial charge in [-0.05, 0) is 36.1 Å². The number of nitrogens with one attached hydrogen (secondary N) is 1. The zero-order valence-corrected chi connectivity index (χ0v) is 13.0. The third-order valence-corrected chi connectivity index (χ3v) is 3.94. The fourth-order valence-corrected chi connectivity index (χ4v) is 2.24. The molecule has 1 rings (SSSR count). The van der Waals surface area contributed by atoms with Crippen molar-refractivity contribution in [1.29, 1.82) is 0 Å². The smallest absolute Gasteiger partial charge is 0.230 e. The first-order valence-corrected chi connectivity index (χ1v) is 7.61. The van der Waals surface area contributed by atoms with E-state index in [4.69, 9.17) is 0 Å². The minimum atomic E-state index is -0.437. The number of carbonyl (C=O) groups is 1. The van der Waals surface area contributed by atoms with Gasteiger partial charge in [-0.25, -0.2) is 4.39 Å². The predicted octanol–water partition coefficient (Wildman–Crippen LogP) is 2.83. The Hall–Kier alpha value is -1.07. The Morgan fingerprint density at radius 1 is 1.35 bits per heavy atom. The number of aliphatic hydroxyl groups excluding tert-OH is 1. The summed E-state index contributed by atoms with van der Waals surface area (Å²) in [5.74, 6) is -0.0764. The van der Waals surface area contributed by atoms with Gasteiger partial charge < -0.3 is 10.4 Å². The highest BCUT2D eigenvalue weighted by Gasteiger charge is 2.21. The van der Waals surface area contributed by atoms with Gasteiger partial charge in [0, 0.05) is 11.4 Å². The molecule has 5 heteroatoms. The molecule has 112 valence electrons. The van der Waals surface area contributed by atoms with Gasteiger partial charge in [0.2, 0.25) is 5.91 Å². The van der Waals surface area contributed by atoms with Crippen LogP contribution in [0.1, 0.15) is 27.2 Å². The van der Waals surface area contributed by atoms with E-state index in [-0.39, 0.29) is 22.9 Å². The van der Waals surface area contributed by atoms with Crippen LogP contribution >= 0.6 is 11.8 Å². The topological polar surface area (TPSA) is 49.3 Å². The van der Waals surface area contributed by atoms with Crippen LogP contribution in [0.2, 0.25) is 0 Å². The molecule has 0 aliphatic carbocycles. The second-order valence-corrected chi connectivity index (χ2v) is 6.81. The monoisotopic (exact) mass is 299 g/mol. The van der Waals surface area contributed by atoms with E-state index in [1.165, 1.54) is 23.9 Å². The largest absolute Gasteiger partial charge is 0.393 e. The summed E-state index contributed by atoms with van der Waals surface area (Å²) in [5, 5.41) is 12.6. The first-order valence-electron chi connectivity index (χ1n) is 6.62. The Kier molecular flexibility index (Phi) is 6.49. The van der Waals surface area contributed by atoms with E-state index in [0.29, 0.717) is 13.0 Å². The van der Waals surface area contributed by atoms with Crippen LogP contribution in [0, 0.1) is 11.2 Å². The average Bonchev–Trinajstić information content (AvgIpc) is 2.37. The summed E-state index contributed by atoms with van der Waals surface area (Å²) < 4.78 is 12.7. The third-order valence-electron chi connectivity index (χ3n) is 2.92. The molecule has 3 nitrogen and oxygen atoms in total. The summed E-state index contributed by atoms with van der Waals surface area (Å²) in [6.45, 7) is 6.35. The quantitative estimate of drug-likeness (QED) is 0.794. The number of benzene rings is 1. The predicted molar refractivity (Wildman–Crippen MR) is 80.2 cm³/mol. The van der Waals surface area contributed by atoms with Gasteiger partial charge in [0.15, 0.2) is 0 Å². The van der Waals surface area contributed by atoms with E-state index < -0.39 is 6.10 Å². The second kappa shape index (κ2) is 7.64. The van der Waals surface area contributed by atoms with Crippen LogP contribution in [-0.2, 0) is 4.79 Å². The Morgan fingerprint density at radius 3 is 2.50 bits per heavy atom. The molecule has 0 heterocycles. The van der Waals surface area contributed by atoms with E-state index in [1.54, 1.807) is 12.1 Å². The summed E-state index contributed by atoms with van der Waals surface area (Å²) in [7, 11) is 0. The van der Waals surface area contributed by atoms with E-state index >= 15 is 0 Å². The third kappa shape index (κ3) is 6.39. The minimum Gasteiger partial charge on any atom is -0.393 e. The maximum absolute atomic E-state index is 12.7. The number of hydrogen-bond acceptors (Lipinski definition) is 3. The second-order valence-electron chi connectivity index (χ2n) is 5.76. The van der Waals surface area contributed by atoms with Crippen molar-refractivity contribution in [3.63, 3.8) is 0 Å². The van der Waals surface area contributed by atoms with Crippen molar-refractivity contribution in [2.75, 3.05) is 12.3 Å². The van der Waals surface area contributed by atoms with Gasteiger partial charge in [-0.2, -0.15) is 0 Å². The molecule has 0 unspecified atom stereocenters. The number of thioether (sulfide) groups is 1. The molecule has 1 aromatic carbocycles. The molecule has 0 aromatic heterocycles. The fraction of sp³-hybridized carbons (Fsp3) is 0.533. The highest BCUT2D eigenvalue weighted by Crippen LogP contribution is 2.21. The molecular weight excluding hydrogens is 277 g/mol. The van der Waals surface area contributed by atoms with Gasteiger partial charge >= 0.3 is 0 Å². The van der Waals surface area contributed by atoms with Crippen molar-refractivity contribution in [1.82, 2.24) is 5.32 Å². The zero-order valence-electron chi connectivity index (χ0n) is 12.1. The van der Waals surface area contributed by atoms with Crippen molar-refractivity contribution in [3.05, 3.63) is 30.1 Å². The molecule has 0 saturated carbocycles. The maximum Gasteiger partial charge on any atom is 0.230 e. The van der Waals surface area contributed by atoms with Gasteiger partial charge in [0.25, 0.3) is 0 Å². The standard InChI is InChI=1S/C15H22FNO2S/c1-15(2,3)13(18)8-9-17-14(19)10-20-12-6-4-11(16)5-7-12/h4-7,13,18H,8-10H2,1-3H3,(H,17,19)/t13-/m0/s1. The van der Waals surface area contributed by atoms with E-state index in [2.05, 4.69) is 5.32 Å². The summed E-state index contributed by atoms with van der Waals surface area (Å²) >= 11 is 1.36. The number of carbonyl (C=O) groups excluding carboxylic acids is 1. The molecule has 0 bridgehead atoms. The van der Waals surface area contributed by atoms with Crippen LogP contribution in [0.3, 0.4) is 0 Å². The lowest BCUT2D eigenvalue weighted by Crippen LogP contribution is -2.33. The number of amides is 1. The van der Waals surface area contributed by atoms with Crippen molar-refractivity contribution in [2.24, 2.45) is 5.41 Å². The minimum absolute atomic E-state index is 0.0829. The van der Waals surface area contributed by atoms with E-state index in [1.807, 2.05) is 20.8 Å². The summed E-state index contributed by atoms with van der Waals surface area (Å²) in [6.07, 6.45) is 0.101. The molecule has 0 aliphatic heterocycles. The molecule has 1 atom stereocenters. The van der Waals surface area contributed by atoms with E-state index in [9.17, 15) is 14.3 Å². The highest BCUT2D eigenvalue weighted by atomic mass is 32.2. The van der Waals surface area contributed by atoms with Crippen LogP contribution in [0.25, 0.3) is 0 Å². The number of hydrogen-bond donors (Lipinski definition) is 2. The van der Waals surface area contributed by atoms with Crippen molar-refractivity contribution in [3.8, 4) is 0 Å². The Labute approximate surface area is 124 Å². The normalized spacial score (nSPS) is 13.1. The van der Waals surface area contributed by atoms with Crippen LogP contribution in [-0.4, -0.2) is 29.4 Å². The van der Waals surface area contributed by atoms with Crippen LogP contribution < -0.4 is 5.32 Å². The average molecular weight is 299 g/mol. The molecule has 0 saturated heterocycles. The molecule has 20 heavy (non-hydrogen) atoms. The Morgan fingerprint density at radius 2 is 1.95 bits per heavy atom. The molecule has 0 aliphatic rings. The molecule has 1 amide bonds. The zero-order chi connectivity index (χ0) is 15.2. The van der Waals surface area contributed by atoms with Crippen molar-refractivity contribution in [2.45, 2.75) is 38.2 Å². The van der Waals surface area contributed by atoms with Gasteiger partial charge in [-0.3, -0.25) is 4.79 Å². The lowest BCUT2D eigenvalue weighted by Gasteiger charge is -2.25. The molecule has 2 N–H and O–H groups in total. The Balaban J connectivity index is 2.22. The summed E-state index contributed by atoms with van der Waals surface area (Å²) in [5.41, 5.74) is -0.173. The lowest BCUT2D eigenvalue weighted by molar-refractivity contribution is -0.118. The number of aliphatic hydroxyl groups is 1. The van der Waals surface area contributed by atoms with Crippen LogP contribution in [0.5, 0.6) is 0 Å². The first-order chi connectivity index (χ1) is 9.29. The van der Waals surface area contributed by atoms with Crippen LogP contribution in [0.15, 0.2) is 29.2 Å². The molecular formula is C15H22FNO2S. The molecule has 0 radical (unpaired) electrons. The van der Waals surface area contributed by atoms with Crippen molar-refractivity contribution < 1.29 is 14.3 Å². The van der Waals surface area contributed by atoms with Gasteiger partial charge in [0.05, 0.1) is 11.9 Å². The van der Waals surface area contributed by atoms with Crippen LogP contribution in [0.4, 0.5) is 4.39 Å². The number of rotatable bonds is 6. The van der Waals surface area contributed by atoms with Gasteiger partial charge in [-0.1, -0.05) is 20.8 Å². The molecule has 1 aromatic rings. The van der Waals surface area contributed by atoms with Gasteiger partial charge in [0.1, 0.15) is 5.82 Å². The number of halogens is 1. The first kappa shape index (κ1) is 17.0.